The van der Waals surface area contributed by atoms with Crippen LogP contribution in [-0.4, -0.2) is 24.3 Å². The van der Waals surface area contributed by atoms with E-state index < -0.39 is 23.5 Å². The van der Waals surface area contributed by atoms with Crippen LogP contribution in [0.15, 0.2) is 6.07 Å². The minimum absolute atomic E-state index is 0.0198. The zero-order valence-corrected chi connectivity index (χ0v) is 8.97. The Morgan fingerprint density at radius 2 is 1.88 bits per heavy atom. The Morgan fingerprint density at radius 1 is 1.19 bits per heavy atom. The number of hydrogen-bond donors (Lipinski definition) is 0. The van der Waals surface area contributed by atoms with Crippen molar-refractivity contribution in [3.05, 3.63) is 23.6 Å². The van der Waals surface area contributed by atoms with Crippen molar-refractivity contribution in [1.82, 2.24) is 4.98 Å². The molecule has 0 aromatic carbocycles. The minimum atomic E-state index is -1.39. The van der Waals surface area contributed by atoms with Crippen molar-refractivity contribution in [1.29, 1.82) is 0 Å². The monoisotopic (exact) mass is 235 g/mol. The summed E-state index contributed by atoms with van der Waals surface area (Å²) in [7, 11) is 0. The molecule has 0 atom stereocenters. The Labute approximate surface area is 91.2 Å². The van der Waals surface area contributed by atoms with Gasteiger partial charge in [0.1, 0.15) is 6.61 Å². The molecule has 0 aliphatic carbocycles. The van der Waals surface area contributed by atoms with Gasteiger partial charge in [0.2, 0.25) is 0 Å². The molecule has 1 rings (SSSR count). The molecule has 16 heavy (non-hydrogen) atoms. The Bertz CT molecular complexity index is 358. The predicted octanol–water partition coefficient (Wildman–Crippen LogP) is 2.30. The summed E-state index contributed by atoms with van der Waals surface area (Å²) >= 11 is 0. The average Bonchev–Trinajstić information content (AvgIpc) is 2.19. The first kappa shape index (κ1) is 12.8. The van der Waals surface area contributed by atoms with E-state index in [1.54, 1.807) is 0 Å². The lowest BCUT2D eigenvalue weighted by Gasteiger charge is -2.09. The first-order valence-corrected chi connectivity index (χ1v) is 4.76. The van der Waals surface area contributed by atoms with Crippen LogP contribution in [0.3, 0.4) is 0 Å². The third-order valence-corrected chi connectivity index (χ3v) is 1.63. The molecule has 1 aromatic rings. The van der Waals surface area contributed by atoms with Crippen LogP contribution in [0, 0.1) is 17.6 Å². The van der Waals surface area contributed by atoms with Gasteiger partial charge in [-0.1, -0.05) is 0 Å². The number of pyridine rings is 1. The quantitative estimate of drug-likeness (QED) is 0.579. The van der Waals surface area contributed by atoms with Crippen LogP contribution < -0.4 is 4.74 Å². The summed E-state index contributed by atoms with van der Waals surface area (Å²) in [5, 5.41) is 0. The molecule has 0 aliphatic heterocycles. The molecule has 1 aromatic heterocycles. The van der Waals surface area contributed by atoms with E-state index in [1.165, 1.54) is 0 Å². The molecule has 0 saturated heterocycles. The van der Waals surface area contributed by atoms with E-state index >= 15 is 0 Å². The molecule has 0 aliphatic rings. The van der Waals surface area contributed by atoms with E-state index in [-0.39, 0.29) is 19.3 Å². The number of ether oxygens (including phenoxy) is 2. The van der Waals surface area contributed by atoms with Gasteiger partial charge in [0, 0.05) is 6.07 Å². The fraction of sp³-hybridized carbons (Fsp3) is 0.500. The molecule has 0 amide bonds. The highest BCUT2D eigenvalue weighted by molar-refractivity contribution is 5.15. The van der Waals surface area contributed by atoms with Crippen LogP contribution >= 0.6 is 0 Å². The summed E-state index contributed by atoms with van der Waals surface area (Å²) in [5.41, 5.74) is 0. The molecule has 6 heteroatoms. The minimum Gasteiger partial charge on any atom is -0.473 e. The fourth-order valence-corrected chi connectivity index (χ4v) is 0.952. The second-order valence-electron chi connectivity index (χ2n) is 3.32. The lowest BCUT2D eigenvalue weighted by atomic mass is 10.4. The van der Waals surface area contributed by atoms with Gasteiger partial charge in [0.25, 0.3) is 11.8 Å². The molecule has 0 spiro atoms. The summed E-state index contributed by atoms with van der Waals surface area (Å²) in [5.74, 6) is -4.33. The molecule has 0 bridgehead atoms. The molecule has 90 valence electrons. The van der Waals surface area contributed by atoms with E-state index in [0.29, 0.717) is 6.07 Å². The maximum atomic E-state index is 13.0. The zero-order chi connectivity index (χ0) is 12.1. The maximum absolute atomic E-state index is 13.0. The van der Waals surface area contributed by atoms with Gasteiger partial charge < -0.3 is 9.47 Å². The number of nitrogens with zero attached hydrogens (tertiary/aromatic N) is 1. The highest BCUT2D eigenvalue weighted by Gasteiger charge is 2.12. The molecule has 0 N–H and O–H groups in total. The topological polar surface area (TPSA) is 31.4 Å². The van der Waals surface area contributed by atoms with Crippen molar-refractivity contribution >= 4 is 0 Å². The van der Waals surface area contributed by atoms with E-state index in [9.17, 15) is 13.2 Å². The predicted molar refractivity (Wildman–Crippen MR) is 50.7 cm³/mol. The summed E-state index contributed by atoms with van der Waals surface area (Å²) < 4.78 is 48.0. The number of halogens is 3. The summed E-state index contributed by atoms with van der Waals surface area (Å²) in [4.78, 5) is 2.99. The highest BCUT2D eigenvalue weighted by Crippen LogP contribution is 2.16. The molecule has 0 fully saturated rings. The van der Waals surface area contributed by atoms with Crippen LogP contribution in [0.1, 0.15) is 13.8 Å². The zero-order valence-electron chi connectivity index (χ0n) is 8.97. The van der Waals surface area contributed by atoms with Crippen LogP contribution in [0.2, 0.25) is 0 Å². The second kappa shape index (κ2) is 5.69. The number of rotatable bonds is 5. The van der Waals surface area contributed by atoms with E-state index in [0.717, 1.165) is 0 Å². The maximum Gasteiger partial charge on any atom is 0.253 e. The molecular formula is C10H12F3NO2. The van der Waals surface area contributed by atoms with Crippen LogP contribution in [-0.2, 0) is 4.74 Å². The van der Waals surface area contributed by atoms with E-state index in [1.807, 2.05) is 13.8 Å². The van der Waals surface area contributed by atoms with Crippen molar-refractivity contribution in [3.63, 3.8) is 0 Å². The standard InChI is InChI=1S/C10H12F3NO2/c1-6(2)15-3-4-16-10-8(12)5-7(11)9(13)14-10/h5-6H,3-4H2,1-2H3. The molecule has 0 radical (unpaired) electrons. The molecule has 1 heterocycles. The van der Waals surface area contributed by atoms with Gasteiger partial charge in [-0.05, 0) is 13.8 Å². The lowest BCUT2D eigenvalue weighted by Crippen LogP contribution is -2.13. The average molecular weight is 235 g/mol. The Hall–Kier alpha value is -1.30. The smallest absolute Gasteiger partial charge is 0.253 e. The first-order valence-electron chi connectivity index (χ1n) is 4.76. The second-order valence-corrected chi connectivity index (χ2v) is 3.32. The summed E-state index contributed by atoms with van der Waals surface area (Å²) in [6.45, 7) is 3.90. The molecule has 0 unspecified atom stereocenters. The third kappa shape index (κ3) is 3.69. The Kier molecular flexibility index (Phi) is 4.54. The molecular weight excluding hydrogens is 223 g/mol. The lowest BCUT2D eigenvalue weighted by molar-refractivity contribution is 0.0530. The van der Waals surface area contributed by atoms with Crippen molar-refractivity contribution in [2.75, 3.05) is 13.2 Å². The van der Waals surface area contributed by atoms with Crippen molar-refractivity contribution in [3.8, 4) is 5.88 Å². The van der Waals surface area contributed by atoms with Crippen LogP contribution in [0.5, 0.6) is 5.88 Å². The van der Waals surface area contributed by atoms with Gasteiger partial charge in [0.15, 0.2) is 11.6 Å². The van der Waals surface area contributed by atoms with Gasteiger partial charge in [-0.2, -0.15) is 9.37 Å². The first-order chi connectivity index (χ1) is 7.50. The van der Waals surface area contributed by atoms with Crippen molar-refractivity contribution in [2.45, 2.75) is 20.0 Å². The summed E-state index contributed by atoms with van der Waals surface area (Å²) in [6, 6.07) is 0.390. The third-order valence-electron chi connectivity index (χ3n) is 1.63. The number of aromatic nitrogens is 1. The van der Waals surface area contributed by atoms with Crippen LogP contribution in [0.4, 0.5) is 13.2 Å². The van der Waals surface area contributed by atoms with Crippen molar-refractivity contribution < 1.29 is 22.6 Å². The molecule has 3 nitrogen and oxygen atoms in total. The number of hydrogen-bond acceptors (Lipinski definition) is 3. The SMILES string of the molecule is CC(C)OCCOc1nc(F)c(F)cc1F. The largest absolute Gasteiger partial charge is 0.473 e. The normalized spacial score (nSPS) is 10.9. The summed E-state index contributed by atoms with van der Waals surface area (Å²) in [6.07, 6.45) is 0.0198. The Morgan fingerprint density at radius 3 is 2.50 bits per heavy atom. The van der Waals surface area contributed by atoms with Gasteiger partial charge in [-0.3, -0.25) is 0 Å². The van der Waals surface area contributed by atoms with Gasteiger partial charge in [0.05, 0.1) is 12.7 Å². The van der Waals surface area contributed by atoms with E-state index in [4.69, 9.17) is 9.47 Å². The van der Waals surface area contributed by atoms with Gasteiger partial charge in [-0.15, -0.1) is 0 Å². The van der Waals surface area contributed by atoms with Gasteiger partial charge in [-0.25, -0.2) is 8.78 Å². The highest BCUT2D eigenvalue weighted by atomic mass is 19.2. The van der Waals surface area contributed by atoms with Gasteiger partial charge >= 0.3 is 0 Å². The fourth-order valence-electron chi connectivity index (χ4n) is 0.952. The molecule has 0 saturated carbocycles. The van der Waals surface area contributed by atoms with Crippen LogP contribution in [0.25, 0.3) is 0 Å². The van der Waals surface area contributed by atoms with E-state index in [2.05, 4.69) is 4.98 Å². The Balaban J connectivity index is 2.51. The van der Waals surface area contributed by atoms with Crippen molar-refractivity contribution in [2.24, 2.45) is 0 Å².